The van der Waals surface area contributed by atoms with Crippen molar-refractivity contribution in [3.05, 3.63) is 168 Å². The highest BCUT2D eigenvalue weighted by Crippen LogP contribution is 2.60. The van der Waals surface area contributed by atoms with Crippen molar-refractivity contribution in [3.8, 4) is 38.5 Å². The summed E-state index contributed by atoms with van der Waals surface area (Å²) < 4.78 is 6.52. The number of benzene rings is 8. The third-order valence-electron chi connectivity index (χ3n) is 15.3. The maximum Gasteiger partial charge on any atom is 0.333 e. The molecule has 11 aromatic rings. The Morgan fingerprint density at radius 3 is 2.09 bits per heavy atom. The highest BCUT2D eigenvalue weighted by molar-refractivity contribution is 7.26. The zero-order valence-corrected chi connectivity index (χ0v) is 40.2. The summed E-state index contributed by atoms with van der Waals surface area (Å²) >= 11 is 3.72. The predicted molar refractivity (Wildman–Crippen MR) is 286 cm³/mol. The highest BCUT2D eigenvalue weighted by atomic mass is 32.1. The van der Waals surface area contributed by atoms with E-state index < -0.39 is 0 Å². The van der Waals surface area contributed by atoms with Crippen LogP contribution in [-0.4, -0.2) is 16.4 Å². The smallest absolute Gasteiger partial charge is 0.333 e. The van der Waals surface area contributed by atoms with Crippen LogP contribution in [0.25, 0.3) is 90.7 Å². The summed E-state index contributed by atoms with van der Waals surface area (Å²) in [6.07, 6.45) is 0. The van der Waals surface area contributed by atoms with Crippen molar-refractivity contribution in [1.82, 2.24) is 9.55 Å². The van der Waals surface area contributed by atoms with Gasteiger partial charge in [0.1, 0.15) is 5.01 Å². The Morgan fingerprint density at radius 2 is 1.30 bits per heavy atom. The lowest BCUT2D eigenvalue weighted by Crippen LogP contribution is -2.61. The molecule has 0 saturated heterocycles. The Morgan fingerprint density at radius 1 is 0.576 bits per heavy atom. The van der Waals surface area contributed by atoms with Crippen LogP contribution < -0.4 is 15.7 Å². The van der Waals surface area contributed by atoms with Gasteiger partial charge in [0.2, 0.25) is 0 Å². The molecule has 0 fully saturated rings. The van der Waals surface area contributed by atoms with Crippen molar-refractivity contribution < 1.29 is 0 Å². The van der Waals surface area contributed by atoms with Crippen LogP contribution in [0.5, 0.6) is 0 Å². The van der Waals surface area contributed by atoms with Crippen LogP contribution in [0.2, 0.25) is 0 Å². The molecule has 0 saturated carbocycles. The minimum absolute atomic E-state index is 0.0228. The molecule has 3 aromatic heterocycles. The second kappa shape index (κ2) is 12.9. The number of fused-ring (bicyclic) bond motifs is 17. The fourth-order valence-corrected chi connectivity index (χ4v) is 14.2. The molecule has 5 heterocycles. The monoisotopic (exact) mass is 885 g/mol. The van der Waals surface area contributed by atoms with E-state index in [9.17, 15) is 0 Å². The number of nitrogens with zero attached hydrogens (tertiary/aromatic N) is 3. The molecule has 6 heteroatoms. The molecule has 0 N–H and O–H groups in total. The van der Waals surface area contributed by atoms with Gasteiger partial charge >= 0.3 is 6.85 Å². The number of rotatable bonds is 2. The highest BCUT2D eigenvalue weighted by Gasteiger charge is 2.50. The van der Waals surface area contributed by atoms with Crippen molar-refractivity contribution in [1.29, 1.82) is 0 Å². The summed E-state index contributed by atoms with van der Waals surface area (Å²) in [5.74, 6) is 0. The maximum absolute atomic E-state index is 5.44. The van der Waals surface area contributed by atoms with Gasteiger partial charge < -0.3 is 9.38 Å². The SMILES string of the molecule is CC(C)(C)c1ccc(N2B3c4cc5nc(-c6ccccc6)sc5cc4-n4c5ccc(C(C)(C)C)cc5c5c6c(c(c3c54)-c3cc4sc5ccccc5c4cc32)C(C)(C)c2ccccc2-6)cc1. The average molecular weight is 886 g/mol. The Labute approximate surface area is 394 Å². The van der Waals surface area contributed by atoms with Gasteiger partial charge in [-0.3, -0.25) is 0 Å². The number of aromatic nitrogens is 2. The third kappa shape index (κ3) is 5.07. The first-order valence-corrected chi connectivity index (χ1v) is 25.0. The second-order valence-corrected chi connectivity index (χ2v) is 23.7. The van der Waals surface area contributed by atoms with Gasteiger partial charge in [-0.25, -0.2) is 4.98 Å². The van der Waals surface area contributed by atoms with Gasteiger partial charge in [0.15, 0.2) is 0 Å². The minimum Gasteiger partial charge on any atom is -0.376 e. The van der Waals surface area contributed by atoms with Crippen molar-refractivity contribution >= 4 is 104 Å². The Bertz CT molecular complexity index is 3930. The van der Waals surface area contributed by atoms with Crippen molar-refractivity contribution in [2.45, 2.75) is 71.6 Å². The van der Waals surface area contributed by atoms with E-state index in [1.807, 2.05) is 11.3 Å². The molecule has 14 rings (SSSR count). The molecule has 0 amide bonds. The molecular formula is C60H48BN3S2. The van der Waals surface area contributed by atoms with E-state index in [2.05, 4.69) is 210 Å². The number of anilines is 2. The summed E-state index contributed by atoms with van der Waals surface area (Å²) in [5.41, 5.74) is 21.9. The van der Waals surface area contributed by atoms with E-state index in [1.54, 1.807) is 11.3 Å². The maximum atomic E-state index is 5.44. The summed E-state index contributed by atoms with van der Waals surface area (Å²) in [6.45, 7) is 18.8. The Hall–Kier alpha value is -6.47. The van der Waals surface area contributed by atoms with Crippen molar-refractivity contribution in [3.63, 3.8) is 0 Å². The first-order valence-electron chi connectivity index (χ1n) is 23.4. The van der Waals surface area contributed by atoms with Gasteiger partial charge in [-0.1, -0.05) is 146 Å². The van der Waals surface area contributed by atoms with Crippen molar-refractivity contribution in [2.24, 2.45) is 0 Å². The average Bonchev–Trinajstić information content (AvgIpc) is 4.05. The molecule has 0 unspecified atom stereocenters. The Balaban J connectivity index is 1.21. The van der Waals surface area contributed by atoms with Crippen LogP contribution >= 0.6 is 22.7 Å². The van der Waals surface area contributed by atoms with Crippen LogP contribution in [0, 0.1) is 0 Å². The van der Waals surface area contributed by atoms with E-state index in [-0.39, 0.29) is 23.1 Å². The van der Waals surface area contributed by atoms with E-state index >= 15 is 0 Å². The molecule has 0 bridgehead atoms. The van der Waals surface area contributed by atoms with E-state index in [0.29, 0.717) is 0 Å². The topological polar surface area (TPSA) is 21.1 Å². The summed E-state index contributed by atoms with van der Waals surface area (Å²) in [5, 5.41) is 6.39. The molecular weight excluding hydrogens is 838 g/mol. The molecule has 0 radical (unpaired) electrons. The zero-order valence-electron chi connectivity index (χ0n) is 38.6. The molecule has 3 aliphatic rings. The molecule has 318 valence electrons. The molecule has 0 atom stereocenters. The third-order valence-corrected chi connectivity index (χ3v) is 17.5. The molecule has 3 nitrogen and oxygen atoms in total. The van der Waals surface area contributed by atoms with Crippen LogP contribution in [0.3, 0.4) is 0 Å². The van der Waals surface area contributed by atoms with Gasteiger partial charge in [-0.15, -0.1) is 22.7 Å². The molecule has 0 spiro atoms. The van der Waals surface area contributed by atoms with Gasteiger partial charge in [0.05, 0.1) is 21.3 Å². The number of thiophene rings is 1. The van der Waals surface area contributed by atoms with Crippen LogP contribution in [0.1, 0.15) is 77.6 Å². The molecule has 1 aliphatic carbocycles. The quantitative estimate of drug-likeness (QED) is 0.161. The Kier molecular flexibility index (Phi) is 7.58. The van der Waals surface area contributed by atoms with Gasteiger partial charge in [0.25, 0.3) is 0 Å². The number of hydrogen-bond acceptors (Lipinski definition) is 4. The molecule has 66 heavy (non-hydrogen) atoms. The lowest BCUT2D eigenvalue weighted by Gasteiger charge is -2.44. The first kappa shape index (κ1) is 38.8. The predicted octanol–water partition coefficient (Wildman–Crippen LogP) is 15.6. The van der Waals surface area contributed by atoms with Crippen LogP contribution in [0.15, 0.2) is 146 Å². The standard InChI is InChI=1S/C60H48BN3S2/c1-58(2,3)34-22-25-36(26-23-34)64-46-29-39-37-18-13-15-21-48(37)65-49(39)30-41(46)53-54-51(38-19-12-14-20-42(38)60(54,7)8)52-40-28-35(59(4,5)6)24-27-45(40)63-47-32-50-44(31-43(47)61(64)55(53)56(52)63)62-57(66-50)33-16-10-9-11-17-33/h9-32H,1-8H3. The fourth-order valence-electron chi connectivity index (χ4n) is 12.1. The van der Waals surface area contributed by atoms with E-state index in [0.717, 1.165) is 16.1 Å². The normalized spacial score (nSPS) is 14.7. The van der Waals surface area contributed by atoms with Crippen LogP contribution in [-0.2, 0) is 16.2 Å². The fraction of sp³-hybridized carbons (Fsp3) is 0.183. The summed E-state index contributed by atoms with van der Waals surface area (Å²) in [4.78, 5) is 8.16. The van der Waals surface area contributed by atoms with Crippen molar-refractivity contribution in [2.75, 3.05) is 4.81 Å². The first-order chi connectivity index (χ1) is 31.8. The largest absolute Gasteiger partial charge is 0.376 e. The van der Waals surface area contributed by atoms with E-state index in [1.165, 1.54) is 119 Å². The lowest BCUT2D eigenvalue weighted by atomic mass is 9.43. The van der Waals surface area contributed by atoms with Gasteiger partial charge in [0, 0.05) is 64.5 Å². The van der Waals surface area contributed by atoms with E-state index in [4.69, 9.17) is 4.98 Å². The van der Waals surface area contributed by atoms with Gasteiger partial charge in [-0.05, 0) is 115 Å². The number of hydrogen-bond donors (Lipinski definition) is 0. The molecule has 2 aliphatic heterocycles. The summed E-state index contributed by atoms with van der Waals surface area (Å²) in [7, 11) is 0. The lowest BCUT2D eigenvalue weighted by molar-refractivity contribution is 0.590. The molecule has 8 aromatic carbocycles. The number of thiazole rings is 1. The van der Waals surface area contributed by atoms with Crippen LogP contribution in [0.4, 0.5) is 11.4 Å². The zero-order chi connectivity index (χ0) is 44.8. The van der Waals surface area contributed by atoms with Gasteiger partial charge in [-0.2, -0.15) is 0 Å². The minimum atomic E-state index is -0.265. The summed E-state index contributed by atoms with van der Waals surface area (Å²) in [6, 6.07) is 55.9. The second-order valence-electron chi connectivity index (χ2n) is 21.5.